The molecule has 0 saturated heterocycles. The second-order valence-electron chi connectivity index (χ2n) is 6.27. The normalized spacial score (nSPS) is 15.2. The number of carbonyl (C=O) groups is 1. The minimum Gasteiger partial charge on any atom is -0.387 e. The van der Waals surface area contributed by atoms with Gasteiger partial charge in [0.2, 0.25) is 0 Å². The van der Waals surface area contributed by atoms with Gasteiger partial charge in [0.05, 0.1) is 11.0 Å². The van der Waals surface area contributed by atoms with Gasteiger partial charge in [-0.1, -0.05) is 26.0 Å². The fourth-order valence-corrected chi connectivity index (χ4v) is 4.58. The van der Waals surface area contributed by atoms with E-state index in [0.29, 0.717) is 9.88 Å². The highest BCUT2D eigenvalue weighted by atomic mass is 32.2. The van der Waals surface area contributed by atoms with E-state index in [-0.39, 0.29) is 29.9 Å². The first-order chi connectivity index (χ1) is 12.5. The Morgan fingerprint density at radius 3 is 2.69 bits per heavy atom. The molecule has 2 N–H and O–H groups in total. The SMILES string of the molecule is CC(C)C(O)c1sc(C2=NCCS2)nc1C(=O)NCc1ccc(F)cc1. The smallest absolute Gasteiger partial charge is 0.271 e. The minimum absolute atomic E-state index is 0.0369. The van der Waals surface area contributed by atoms with Crippen LogP contribution in [0.2, 0.25) is 0 Å². The number of thioether (sulfide) groups is 1. The van der Waals surface area contributed by atoms with Crippen LogP contribution < -0.4 is 5.32 Å². The van der Waals surface area contributed by atoms with Gasteiger partial charge >= 0.3 is 0 Å². The van der Waals surface area contributed by atoms with Gasteiger partial charge < -0.3 is 10.4 Å². The van der Waals surface area contributed by atoms with Crippen LogP contribution in [0.15, 0.2) is 29.3 Å². The first-order valence-electron chi connectivity index (χ1n) is 8.34. The molecule has 8 heteroatoms. The quantitative estimate of drug-likeness (QED) is 0.789. The largest absolute Gasteiger partial charge is 0.387 e. The van der Waals surface area contributed by atoms with Crippen molar-refractivity contribution in [3.8, 4) is 0 Å². The van der Waals surface area contributed by atoms with Gasteiger partial charge in [-0.05, 0) is 23.6 Å². The predicted octanol–water partition coefficient (Wildman–Crippen LogP) is 3.40. The van der Waals surface area contributed by atoms with Gasteiger partial charge in [0.15, 0.2) is 0 Å². The molecule has 0 bridgehead atoms. The van der Waals surface area contributed by atoms with E-state index in [1.54, 1.807) is 23.9 Å². The summed E-state index contributed by atoms with van der Waals surface area (Å²) in [6.07, 6.45) is -0.764. The van der Waals surface area contributed by atoms with Crippen LogP contribution in [0, 0.1) is 11.7 Å². The summed E-state index contributed by atoms with van der Waals surface area (Å²) in [4.78, 5) is 22.1. The van der Waals surface area contributed by atoms with Crippen molar-refractivity contribution in [3.63, 3.8) is 0 Å². The fraction of sp³-hybridized carbons (Fsp3) is 0.389. The number of amides is 1. The summed E-state index contributed by atoms with van der Waals surface area (Å²) >= 11 is 2.93. The number of hydrogen-bond donors (Lipinski definition) is 2. The number of rotatable bonds is 6. The van der Waals surface area contributed by atoms with E-state index in [4.69, 9.17) is 0 Å². The Hall–Kier alpha value is -1.77. The molecule has 1 aliphatic heterocycles. The Morgan fingerprint density at radius 1 is 1.35 bits per heavy atom. The van der Waals surface area contributed by atoms with E-state index in [9.17, 15) is 14.3 Å². The first kappa shape index (κ1) is 19.0. The summed E-state index contributed by atoms with van der Waals surface area (Å²) in [6, 6.07) is 5.95. The number of carbonyl (C=O) groups excluding carboxylic acids is 1. The van der Waals surface area contributed by atoms with Gasteiger partial charge in [0.25, 0.3) is 5.91 Å². The van der Waals surface area contributed by atoms with E-state index in [2.05, 4.69) is 15.3 Å². The molecule has 1 aliphatic rings. The molecular weight excluding hydrogens is 373 g/mol. The van der Waals surface area contributed by atoms with Crippen LogP contribution >= 0.6 is 23.1 Å². The number of aliphatic imine (C=N–C) groups is 1. The van der Waals surface area contributed by atoms with Crippen molar-refractivity contribution in [1.82, 2.24) is 10.3 Å². The third-order valence-corrected chi connectivity index (χ3v) is 6.15. The molecule has 2 heterocycles. The van der Waals surface area contributed by atoms with Crippen LogP contribution in [-0.2, 0) is 6.54 Å². The lowest BCUT2D eigenvalue weighted by Crippen LogP contribution is -2.25. The lowest BCUT2D eigenvalue weighted by Gasteiger charge is -2.13. The molecule has 26 heavy (non-hydrogen) atoms. The highest BCUT2D eigenvalue weighted by Gasteiger charge is 2.27. The molecule has 3 rings (SSSR count). The maximum absolute atomic E-state index is 13.0. The lowest BCUT2D eigenvalue weighted by molar-refractivity contribution is 0.0929. The Labute approximate surface area is 159 Å². The van der Waals surface area contributed by atoms with Crippen LogP contribution in [0.4, 0.5) is 4.39 Å². The zero-order chi connectivity index (χ0) is 18.7. The molecule has 1 aromatic carbocycles. The van der Waals surface area contributed by atoms with Crippen molar-refractivity contribution in [1.29, 1.82) is 0 Å². The lowest BCUT2D eigenvalue weighted by atomic mass is 10.0. The van der Waals surface area contributed by atoms with Crippen molar-refractivity contribution >= 4 is 34.0 Å². The van der Waals surface area contributed by atoms with E-state index in [1.165, 1.54) is 23.5 Å². The number of thiazole rings is 1. The number of hydrogen-bond acceptors (Lipinski definition) is 6. The zero-order valence-electron chi connectivity index (χ0n) is 14.5. The standard InChI is InChI=1S/C18H20FN3O2S2/c1-10(2)14(23)15-13(22-18(26-15)17-20-7-8-25-17)16(24)21-9-11-3-5-12(19)6-4-11/h3-6,10,14,23H,7-9H2,1-2H3,(H,21,24). The average Bonchev–Trinajstić information content (AvgIpc) is 3.29. The summed E-state index contributed by atoms with van der Waals surface area (Å²) in [5.74, 6) is 0.199. The molecule has 1 aromatic heterocycles. The minimum atomic E-state index is -0.764. The number of halogens is 1. The molecular formula is C18H20FN3O2S2. The monoisotopic (exact) mass is 393 g/mol. The third kappa shape index (κ3) is 4.31. The van der Waals surface area contributed by atoms with E-state index >= 15 is 0 Å². The van der Waals surface area contributed by atoms with E-state index in [1.807, 2.05) is 13.8 Å². The summed E-state index contributed by atoms with van der Waals surface area (Å²) < 4.78 is 13.0. The van der Waals surface area contributed by atoms with Crippen LogP contribution in [-0.4, -0.2) is 33.3 Å². The van der Waals surface area contributed by atoms with Gasteiger partial charge in [0, 0.05) is 18.8 Å². The van der Waals surface area contributed by atoms with Gasteiger partial charge in [-0.2, -0.15) is 0 Å². The van der Waals surface area contributed by atoms with Crippen molar-refractivity contribution < 1.29 is 14.3 Å². The fourth-order valence-electron chi connectivity index (χ4n) is 2.42. The number of nitrogens with zero attached hydrogens (tertiary/aromatic N) is 2. The molecule has 5 nitrogen and oxygen atoms in total. The van der Waals surface area contributed by atoms with Gasteiger partial charge in [0.1, 0.15) is 21.6 Å². The number of aliphatic hydroxyl groups excluding tert-OH is 1. The average molecular weight is 394 g/mol. The summed E-state index contributed by atoms with van der Waals surface area (Å²) in [7, 11) is 0. The molecule has 138 valence electrons. The summed E-state index contributed by atoms with van der Waals surface area (Å²) in [5.41, 5.74) is 1.03. The number of benzene rings is 1. The van der Waals surface area contributed by atoms with Crippen molar-refractivity contribution in [2.24, 2.45) is 10.9 Å². The second kappa shape index (κ2) is 8.28. The topological polar surface area (TPSA) is 74.6 Å². The van der Waals surface area contributed by atoms with Gasteiger partial charge in [-0.15, -0.1) is 23.1 Å². The van der Waals surface area contributed by atoms with Crippen LogP contribution in [0.25, 0.3) is 0 Å². The molecule has 1 amide bonds. The molecule has 1 atom stereocenters. The molecule has 2 aromatic rings. The van der Waals surface area contributed by atoms with E-state index < -0.39 is 6.10 Å². The summed E-state index contributed by atoms with van der Waals surface area (Å²) in [5, 5.41) is 14.8. The third-order valence-electron chi connectivity index (χ3n) is 3.90. The number of aliphatic hydroxyl groups is 1. The second-order valence-corrected chi connectivity index (χ2v) is 8.38. The molecule has 0 fully saturated rings. The number of nitrogens with one attached hydrogen (secondary N) is 1. The van der Waals surface area contributed by atoms with E-state index in [0.717, 1.165) is 22.9 Å². The van der Waals surface area contributed by atoms with Crippen molar-refractivity contribution in [3.05, 3.63) is 51.2 Å². The Bertz CT molecular complexity index is 818. The Kier molecular flexibility index (Phi) is 6.05. The van der Waals surface area contributed by atoms with Gasteiger partial charge in [-0.25, -0.2) is 9.37 Å². The maximum atomic E-state index is 13.0. The summed E-state index contributed by atoms with van der Waals surface area (Å²) in [6.45, 7) is 4.80. The molecule has 0 saturated carbocycles. The zero-order valence-corrected chi connectivity index (χ0v) is 16.2. The Morgan fingerprint density at radius 2 is 2.08 bits per heavy atom. The van der Waals surface area contributed by atoms with Crippen LogP contribution in [0.3, 0.4) is 0 Å². The highest BCUT2D eigenvalue weighted by Crippen LogP contribution is 2.33. The Balaban J connectivity index is 1.81. The van der Waals surface area contributed by atoms with Crippen molar-refractivity contribution in [2.45, 2.75) is 26.5 Å². The van der Waals surface area contributed by atoms with Gasteiger partial charge in [-0.3, -0.25) is 9.79 Å². The van der Waals surface area contributed by atoms with Crippen LogP contribution in [0.1, 0.15) is 45.9 Å². The number of aromatic nitrogens is 1. The van der Waals surface area contributed by atoms with Crippen molar-refractivity contribution in [2.75, 3.05) is 12.3 Å². The maximum Gasteiger partial charge on any atom is 0.271 e. The van der Waals surface area contributed by atoms with Crippen LogP contribution in [0.5, 0.6) is 0 Å². The molecule has 0 aliphatic carbocycles. The molecule has 0 radical (unpaired) electrons. The highest BCUT2D eigenvalue weighted by molar-refractivity contribution is 8.14. The first-order valence-corrected chi connectivity index (χ1v) is 10.1. The predicted molar refractivity (Wildman–Crippen MR) is 103 cm³/mol. The molecule has 0 spiro atoms. The molecule has 1 unspecified atom stereocenters.